The molecular formula is C20H20N2O5S. The summed E-state index contributed by atoms with van der Waals surface area (Å²) < 4.78 is 37.5. The van der Waals surface area contributed by atoms with Crippen LogP contribution in [0.25, 0.3) is 0 Å². The van der Waals surface area contributed by atoms with Crippen molar-refractivity contribution in [2.75, 3.05) is 13.7 Å². The Kier molecular flexibility index (Phi) is 5.97. The monoisotopic (exact) mass is 400 g/mol. The topological polar surface area (TPSA) is 96.7 Å². The molecule has 3 rings (SSSR count). The summed E-state index contributed by atoms with van der Waals surface area (Å²) in [6, 6.07) is 13.9. The number of benzene rings is 2. The first-order valence-electron chi connectivity index (χ1n) is 8.77. The molecule has 0 spiro atoms. The number of nitrogens with zero attached hydrogens (tertiary/aromatic N) is 2. The van der Waals surface area contributed by atoms with Gasteiger partial charge < -0.3 is 9.47 Å². The van der Waals surface area contributed by atoms with Crippen LogP contribution in [0.4, 0.5) is 0 Å². The van der Waals surface area contributed by atoms with Gasteiger partial charge in [-0.1, -0.05) is 12.1 Å². The van der Waals surface area contributed by atoms with Crippen LogP contribution in [0, 0.1) is 11.3 Å². The van der Waals surface area contributed by atoms with Gasteiger partial charge in [0.15, 0.2) is 0 Å². The lowest BCUT2D eigenvalue weighted by atomic mass is 10.1. The van der Waals surface area contributed by atoms with Gasteiger partial charge in [0.05, 0.1) is 23.6 Å². The van der Waals surface area contributed by atoms with Crippen molar-refractivity contribution >= 4 is 16.0 Å². The fraction of sp³-hybridized carbons (Fsp3) is 0.300. The second kappa shape index (κ2) is 8.42. The standard InChI is InChI=1S/C20H20N2O5S/c1-26-17-8-10-18(11-9-17)28(24,25)22-12-2-3-19(22)20(23)27-14-16-6-4-15(13-21)5-7-16/h4-11,19H,2-3,12,14H2,1H3/t19-/m0/s1. The van der Waals surface area contributed by atoms with Gasteiger partial charge in [0.25, 0.3) is 0 Å². The summed E-state index contributed by atoms with van der Waals surface area (Å²) in [5.41, 5.74) is 1.25. The first-order valence-corrected chi connectivity index (χ1v) is 10.2. The van der Waals surface area contributed by atoms with Crippen LogP contribution >= 0.6 is 0 Å². The first kappa shape index (κ1) is 19.9. The average molecular weight is 400 g/mol. The lowest BCUT2D eigenvalue weighted by Gasteiger charge is -2.23. The Morgan fingerprint density at radius 1 is 1.18 bits per heavy atom. The highest BCUT2D eigenvalue weighted by atomic mass is 32.2. The third-order valence-corrected chi connectivity index (χ3v) is 6.53. The van der Waals surface area contributed by atoms with Crippen LogP contribution in [0.1, 0.15) is 24.0 Å². The fourth-order valence-electron chi connectivity index (χ4n) is 3.07. The minimum Gasteiger partial charge on any atom is -0.497 e. The molecule has 2 aromatic carbocycles. The zero-order chi connectivity index (χ0) is 20.1. The van der Waals surface area contributed by atoms with Gasteiger partial charge in [-0.05, 0) is 54.8 Å². The van der Waals surface area contributed by atoms with Gasteiger partial charge in [-0.2, -0.15) is 9.57 Å². The van der Waals surface area contributed by atoms with Crippen LogP contribution in [-0.4, -0.2) is 38.4 Å². The highest BCUT2D eigenvalue weighted by molar-refractivity contribution is 7.89. The van der Waals surface area contributed by atoms with Crippen LogP contribution in [-0.2, 0) is 26.2 Å². The quantitative estimate of drug-likeness (QED) is 0.691. The molecule has 1 heterocycles. The summed E-state index contributed by atoms with van der Waals surface area (Å²) >= 11 is 0. The third-order valence-electron chi connectivity index (χ3n) is 4.61. The van der Waals surface area contributed by atoms with E-state index in [0.717, 1.165) is 5.56 Å². The average Bonchev–Trinajstić information content (AvgIpc) is 3.23. The Morgan fingerprint density at radius 2 is 1.86 bits per heavy atom. The smallest absolute Gasteiger partial charge is 0.324 e. The maximum absolute atomic E-state index is 12.9. The Hall–Kier alpha value is -2.89. The van der Waals surface area contributed by atoms with E-state index in [1.807, 2.05) is 6.07 Å². The van der Waals surface area contributed by atoms with Crippen molar-refractivity contribution in [3.8, 4) is 11.8 Å². The van der Waals surface area contributed by atoms with Gasteiger partial charge >= 0.3 is 5.97 Å². The summed E-state index contributed by atoms with van der Waals surface area (Å²) in [6.07, 6.45) is 1.01. The molecule has 0 N–H and O–H groups in total. The van der Waals surface area contributed by atoms with Crippen molar-refractivity contribution in [2.45, 2.75) is 30.4 Å². The van der Waals surface area contributed by atoms with E-state index >= 15 is 0 Å². The lowest BCUT2D eigenvalue weighted by molar-refractivity contribution is -0.148. The molecule has 1 fully saturated rings. The summed E-state index contributed by atoms with van der Waals surface area (Å²) in [7, 11) is -2.31. The SMILES string of the molecule is COc1ccc(S(=O)(=O)N2CCC[C@H]2C(=O)OCc2ccc(C#N)cc2)cc1. The molecule has 1 aliphatic heterocycles. The molecular weight excluding hydrogens is 380 g/mol. The van der Waals surface area contributed by atoms with Crippen molar-refractivity contribution < 1.29 is 22.7 Å². The molecule has 146 valence electrons. The first-order chi connectivity index (χ1) is 13.5. The minimum absolute atomic E-state index is 0.0253. The molecule has 1 aliphatic rings. The van der Waals surface area contributed by atoms with E-state index in [9.17, 15) is 13.2 Å². The van der Waals surface area contributed by atoms with E-state index in [1.165, 1.54) is 23.5 Å². The summed E-state index contributed by atoms with van der Waals surface area (Å²) in [4.78, 5) is 12.6. The number of methoxy groups -OCH3 is 1. The molecule has 0 aromatic heterocycles. The molecule has 1 saturated heterocycles. The number of hydrogen-bond donors (Lipinski definition) is 0. The number of rotatable bonds is 6. The summed E-state index contributed by atoms with van der Waals surface area (Å²) in [6.45, 7) is 0.294. The van der Waals surface area contributed by atoms with Crippen molar-refractivity contribution in [3.05, 3.63) is 59.7 Å². The number of hydrogen-bond acceptors (Lipinski definition) is 6. The van der Waals surface area contributed by atoms with Gasteiger partial charge in [-0.3, -0.25) is 4.79 Å². The predicted octanol–water partition coefficient (Wildman–Crippen LogP) is 2.46. The Bertz CT molecular complexity index is 979. The van der Waals surface area contributed by atoms with Gasteiger partial charge in [0.2, 0.25) is 10.0 Å². The number of esters is 1. The van der Waals surface area contributed by atoms with E-state index in [0.29, 0.717) is 24.2 Å². The van der Waals surface area contributed by atoms with Crippen LogP contribution in [0.15, 0.2) is 53.4 Å². The molecule has 7 nitrogen and oxygen atoms in total. The maximum atomic E-state index is 12.9. The fourth-order valence-corrected chi connectivity index (χ4v) is 4.72. The largest absolute Gasteiger partial charge is 0.497 e. The van der Waals surface area contributed by atoms with E-state index < -0.39 is 22.0 Å². The molecule has 0 bridgehead atoms. The van der Waals surface area contributed by atoms with Crippen molar-refractivity contribution in [2.24, 2.45) is 0 Å². The highest BCUT2D eigenvalue weighted by Gasteiger charge is 2.40. The lowest BCUT2D eigenvalue weighted by Crippen LogP contribution is -2.41. The van der Waals surface area contributed by atoms with Gasteiger partial charge in [-0.25, -0.2) is 8.42 Å². The molecule has 0 radical (unpaired) electrons. The second-order valence-corrected chi connectivity index (χ2v) is 8.26. The number of sulfonamides is 1. The highest BCUT2D eigenvalue weighted by Crippen LogP contribution is 2.28. The molecule has 0 amide bonds. The van der Waals surface area contributed by atoms with Gasteiger partial charge in [0.1, 0.15) is 18.4 Å². The number of carbonyl (C=O) groups is 1. The van der Waals surface area contributed by atoms with Gasteiger partial charge in [0, 0.05) is 6.54 Å². The molecule has 2 aromatic rings. The molecule has 0 saturated carbocycles. The van der Waals surface area contributed by atoms with Crippen LogP contribution < -0.4 is 4.74 Å². The van der Waals surface area contributed by atoms with E-state index in [-0.39, 0.29) is 18.0 Å². The third kappa shape index (κ3) is 4.16. The Labute approximate surface area is 164 Å². The zero-order valence-corrected chi connectivity index (χ0v) is 16.2. The van der Waals surface area contributed by atoms with E-state index in [1.54, 1.807) is 36.4 Å². The van der Waals surface area contributed by atoms with E-state index in [2.05, 4.69) is 0 Å². The maximum Gasteiger partial charge on any atom is 0.324 e. The Balaban J connectivity index is 1.70. The molecule has 28 heavy (non-hydrogen) atoms. The molecule has 8 heteroatoms. The summed E-state index contributed by atoms with van der Waals surface area (Å²) in [5, 5.41) is 8.81. The normalized spacial score (nSPS) is 17.1. The molecule has 0 aliphatic carbocycles. The number of carbonyl (C=O) groups excluding carboxylic acids is 1. The zero-order valence-electron chi connectivity index (χ0n) is 15.4. The van der Waals surface area contributed by atoms with Crippen LogP contribution in [0.2, 0.25) is 0 Å². The molecule has 0 unspecified atom stereocenters. The van der Waals surface area contributed by atoms with Crippen molar-refractivity contribution in [3.63, 3.8) is 0 Å². The number of nitriles is 1. The molecule has 1 atom stereocenters. The van der Waals surface area contributed by atoms with Crippen molar-refractivity contribution in [1.29, 1.82) is 5.26 Å². The minimum atomic E-state index is -3.81. The van der Waals surface area contributed by atoms with E-state index in [4.69, 9.17) is 14.7 Å². The number of ether oxygens (including phenoxy) is 2. The summed E-state index contributed by atoms with van der Waals surface area (Å²) in [5.74, 6) is -0.0160. The van der Waals surface area contributed by atoms with Crippen LogP contribution in [0.5, 0.6) is 5.75 Å². The van der Waals surface area contributed by atoms with Crippen molar-refractivity contribution in [1.82, 2.24) is 4.31 Å². The Morgan fingerprint density at radius 3 is 2.46 bits per heavy atom. The predicted molar refractivity (Wildman–Crippen MR) is 101 cm³/mol. The second-order valence-electron chi connectivity index (χ2n) is 6.37. The van der Waals surface area contributed by atoms with Crippen LogP contribution in [0.3, 0.4) is 0 Å². The van der Waals surface area contributed by atoms with Gasteiger partial charge in [-0.15, -0.1) is 0 Å².